The standard InChI is InChI=1S/C69H49N5O/c1-69(2)59-30-12-14-32-62(59)73(63-33-15-13-31-60(63)69)52-40-41-70-67(44-52)74-61-39-36-50(47-20-6-3-7-21-47)42-58(61)57-38-37-54(45-66(57)74)75-53-27-18-26-51(43-53)71-46-72(65-35-17-16-34-64(65)71)68-55(48-22-8-4-9-23-48)28-19-29-56(68)49-24-10-5-11-25-49/h3-45H,1-2H3/i4D,8D,9D,10D,11D,22D,23D,24D,25D. The molecule has 0 fully saturated rings. The van der Waals surface area contributed by atoms with Gasteiger partial charge in [-0.25, -0.2) is 4.98 Å². The van der Waals surface area contributed by atoms with Crippen LogP contribution >= 0.6 is 0 Å². The van der Waals surface area contributed by atoms with Gasteiger partial charge >= 0.3 is 0 Å². The number of rotatable bonds is 9. The number of ether oxygens (including phenoxy) is 1. The van der Waals surface area contributed by atoms with Crippen molar-refractivity contribution in [1.82, 2.24) is 14.1 Å². The first-order valence-corrected chi connectivity index (χ1v) is 24.8. The Hall–Kier alpha value is -9.78. The summed E-state index contributed by atoms with van der Waals surface area (Å²) in [6.45, 7) is 4.57. The highest BCUT2D eigenvalue weighted by molar-refractivity contribution is 6.11. The molecule has 0 aliphatic carbocycles. The third-order valence-corrected chi connectivity index (χ3v) is 14.4. The van der Waals surface area contributed by atoms with Crippen molar-refractivity contribution in [3.63, 3.8) is 0 Å². The fraction of sp³-hybridized carbons (Fsp3) is 0.0435. The molecule has 0 saturated heterocycles. The number of para-hydroxylation sites is 5. The first kappa shape index (κ1) is 35.4. The smallest absolute Gasteiger partial charge is 0.269 e. The molecule has 0 saturated carbocycles. The van der Waals surface area contributed by atoms with Crippen molar-refractivity contribution in [2.45, 2.75) is 19.3 Å². The number of nitrogens with zero attached hydrogens (tertiary/aromatic N) is 5. The Balaban J connectivity index is 0.910. The molecule has 6 nitrogen and oxygen atoms in total. The number of aromatic nitrogens is 4. The van der Waals surface area contributed by atoms with Crippen molar-refractivity contribution < 1.29 is 21.6 Å². The molecule has 4 heterocycles. The molecule has 0 amide bonds. The molecule has 0 bridgehead atoms. The van der Waals surface area contributed by atoms with Crippen LogP contribution in [0.5, 0.6) is 11.5 Å². The summed E-state index contributed by atoms with van der Waals surface area (Å²) in [4.78, 5) is 7.43. The number of imidazole rings is 1. The number of benzene rings is 10. The lowest BCUT2D eigenvalue weighted by molar-refractivity contribution is -0.571. The minimum absolute atomic E-state index is 0.0244. The number of hydrogen-bond acceptors (Lipinski definition) is 3. The molecule has 0 unspecified atom stereocenters. The predicted octanol–water partition coefficient (Wildman–Crippen LogP) is 17.1. The maximum atomic E-state index is 9.10. The molecule has 356 valence electrons. The Morgan fingerprint density at radius 1 is 0.493 bits per heavy atom. The van der Waals surface area contributed by atoms with Crippen LogP contribution in [0.3, 0.4) is 0 Å². The zero-order valence-electron chi connectivity index (χ0n) is 49.8. The zero-order valence-corrected chi connectivity index (χ0v) is 40.8. The van der Waals surface area contributed by atoms with E-state index in [1.165, 1.54) is 11.1 Å². The van der Waals surface area contributed by atoms with Gasteiger partial charge in [-0.2, -0.15) is 0 Å². The lowest BCUT2D eigenvalue weighted by Gasteiger charge is -2.42. The van der Waals surface area contributed by atoms with Crippen molar-refractivity contribution >= 4 is 49.9 Å². The first-order chi connectivity index (χ1) is 40.7. The molecule has 13 aromatic rings. The zero-order chi connectivity index (χ0) is 57.9. The van der Waals surface area contributed by atoms with Crippen LogP contribution in [0, 0.1) is 6.33 Å². The molecular formula is C69H49N5O. The molecule has 3 aromatic heterocycles. The molecule has 0 spiro atoms. The maximum absolute atomic E-state index is 9.10. The van der Waals surface area contributed by atoms with E-state index in [-0.39, 0.29) is 57.5 Å². The van der Waals surface area contributed by atoms with Crippen LogP contribution in [-0.4, -0.2) is 14.1 Å². The van der Waals surface area contributed by atoms with Crippen LogP contribution in [0.15, 0.2) is 261 Å². The SMILES string of the molecule is [2H]c1cc([2H])c([2H])c(-c2cccc(-c3c([2H])c([2H])c([2H])c([2H])c3[2H])c2-[n+]2[c-]n(-c3cccc(Oc4ccc5c6cc(-c7ccccc7)ccc6n(-c6cc(N7c8ccccc8C(C)(C)c8ccccc87)ccn6)c5c4)c3)c3ccccc32)c1[2H]. The van der Waals surface area contributed by atoms with Crippen LogP contribution < -0.4 is 14.2 Å². The third-order valence-electron chi connectivity index (χ3n) is 14.4. The highest BCUT2D eigenvalue weighted by Gasteiger charge is 2.36. The Labute approximate surface area is 448 Å². The first-order valence-electron chi connectivity index (χ1n) is 29.3. The van der Waals surface area contributed by atoms with Gasteiger partial charge in [0.1, 0.15) is 17.3 Å². The summed E-state index contributed by atoms with van der Waals surface area (Å²) < 4.78 is 91.9. The van der Waals surface area contributed by atoms with E-state index < -0.39 is 30.2 Å². The topological polar surface area (TPSA) is 39.1 Å². The van der Waals surface area contributed by atoms with Gasteiger partial charge in [0.15, 0.2) is 0 Å². The molecule has 10 aromatic carbocycles. The Morgan fingerprint density at radius 2 is 1.17 bits per heavy atom. The number of pyridine rings is 1. The van der Waals surface area contributed by atoms with Crippen molar-refractivity contribution in [2.24, 2.45) is 0 Å². The lowest BCUT2D eigenvalue weighted by atomic mass is 9.73. The van der Waals surface area contributed by atoms with Gasteiger partial charge in [0.2, 0.25) is 0 Å². The van der Waals surface area contributed by atoms with Crippen molar-refractivity contribution in [3.8, 4) is 62.1 Å². The monoisotopic (exact) mass is 972 g/mol. The van der Waals surface area contributed by atoms with Crippen molar-refractivity contribution in [1.29, 1.82) is 0 Å². The van der Waals surface area contributed by atoms with Gasteiger partial charge in [0.25, 0.3) is 6.33 Å². The minimum atomic E-state index is -0.551. The number of fused-ring (bicyclic) bond motifs is 6. The summed E-state index contributed by atoms with van der Waals surface area (Å²) in [6.07, 6.45) is 5.38. The number of hydrogen-bond donors (Lipinski definition) is 0. The molecule has 1 aliphatic rings. The van der Waals surface area contributed by atoms with Gasteiger partial charge < -0.3 is 9.64 Å². The second kappa shape index (κ2) is 17.8. The van der Waals surface area contributed by atoms with Crippen LogP contribution in [0.25, 0.3) is 83.4 Å². The van der Waals surface area contributed by atoms with E-state index in [2.05, 4.69) is 127 Å². The van der Waals surface area contributed by atoms with Crippen LogP contribution in [-0.2, 0) is 5.41 Å². The maximum Gasteiger partial charge on any atom is 0.269 e. The van der Waals surface area contributed by atoms with E-state index in [9.17, 15) is 0 Å². The molecule has 75 heavy (non-hydrogen) atoms. The van der Waals surface area contributed by atoms with E-state index in [0.29, 0.717) is 28.2 Å². The van der Waals surface area contributed by atoms with Crippen LogP contribution in [0.2, 0.25) is 0 Å². The normalized spacial score (nSPS) is 14.4. The van der Waals surface area contributed by atoms with E-state index in [0.717, 1.165) is 61.9 Å². The Bertz CT molecular complexity index is 4780. The summed E-state index contributed by atoms with van der Waals surface area (Å²) in [6, 6.07) is 61.9. The van der Waals surface area contributed by atoms with Crippen LogP contribution in [0.1, 0.15) is 37.3 Å². The third kappa shape index (κ3) is 7.41. The molecular weight excluding hydrogens is 915 g/mol. The largest absolute Gasteiger partial charge is 0.458 e. The highest BCUT2D eigenvalue weighted by Crippen LogP contribution is 2.52. The van der Waals surface area contributed by atoms with Gasteiger partial charge in [-0.05, 0) is 105 Å². The Morgan fingerprint density at radius 3 is 1.95 bits per heavy atom. The van der Waals surface area contributed by atoms with Crippen molar-refractivity contribution in [2.75, 3.05) is 4.90 Å². The molecule has 6 heteroatoms. The predicted molar refractivity (Wildman–Crippen MR) is 305 cm³/mol. The molecule has 0 N–H and O–H groups in total. The fourth-order valence-corrected chi connectivity index (χ4v) is 11.0. The summed E-state index contributed by atoms with van der Waals surface area (Å²) in [5.41, 5.74) is 11.9. The van der Waals surface area contributed by atoms with Gasteiger partial charge in [-0.15, -0.1) is 0 Å². The quantitative estimate of drug-likeness (QED) is 0.107. The van der Waals surface area contributed by atoms with Gasteiger partial charge in [0.05, 0.1) is 62.8 Å². The summed E-state index contributed by atoms with van der Waals surface area (Å²) in [5, 5.41) is 2.06. The minimum Gasteiger partial charge on any atom is -0.458 e. The Kier molecular flexibility index (Phi) is 8.37. The lowest BCUT2D eigenvalue weighted by Crippen LogP contribution is -2.31. The van der Waals surface area contributed by atoms with Gasteiger partial charge in [0, 0.05) is 34.5 Å². The fourth-order valence-electron chi connectivity index (χ4n) is 11.0. The summed E-state index contributed by atoms with van der Waals surface area (Å²) >= 11 is 0. The van der Waals surface area contributed by atoms with Crippen LogP contribution in [0.4, 0.5) is 17.1 Å². The van der Waals surface area contributed by atoms with Gasteiger partial charge in [-0.3, -0.25) is 13.7 Å². The second-order valence-corrected chi connectivity index (χ2v) is 19.1. The van der Waals surface area contributed by atoms with Crippen molar-refractivity contribution in [3.05, 3.63) is 278 Å². The van der Waals surface area contributed by atoms with E-state index in [1.807, 2.05) is 89.6 Å². The van der Waals surface area contributed by atoms with E-state index >= 15 is 0 Å². The molecule has 14 rings (SSSR count). The van der Waals surface area contributed by atoms with E-state index in [1.54, 1.807) is 22.8 Å². The van der Waals surface area contributed by atoms with Gasteiger partial charge in [-0.1, -0.05) is 196 Å². The molecule has 0 radical (unpaired) electrons. The molecule has 1 aliphatic heterocycles. The van der Waals surface area contributed by atoms with E-state index in [4.69, 9.17) is 22.1 Å². The number of anilines is 3. The average Bonchev–Trinajstić information content (AvgIpc) is 2.04. The second-order valence-electron chi connectivity index (χ2n) is 19.1. The summed E-state index contributed by atoms with van der Waals surface area (Å²) in [5.74, 6) is 1.81. The summed E-state index contributed by atoms with van der Waals surface area (Å²) in [7, 11) is 0. The molecule has 0 atom stereocenters. The highest BCUT2D eigenvalue weighted by atomic mass is 16.5. The average molecular weight is 973 g/mol.